The molecule has 0 aliphatic rings. The van der Waals surface area contributed by atoms with Crippen molar-refractivity contribution in [2.24, 2.45) is 0 Å². The van der Waals surface area contributed by atoms with E-state index < -0.39 is 0 Å². The first-order valence-electron chi connectivity index (χ1n) is 4.03. The summed E-state index contributed by atoms with van der Waals surface area (Å²) in [5.41, 5.74) is 0. The largest absolute Gasteiger partial charge is 0.379 e. The van der Waals surface area contributed by atoms with E-state index in [9.17, 15) is 5.11 Å². The van der Waals surface area contributed by atoms with Gasteiger partial charge in [-0.1, -0.05) is 6.92 Å². The Hall–Kier alpha value is -0.0800. The van der Waals surface area contributed by atoms with Crippen LogP contribution in [0.2, 0.25) is 0 Å². The summed E-state index contributed by atoms with van der Waals surface area (Å²) in [6.07, 6.45) is 0.795. The molecule has 0 rings (SSSR count). The summed E-state index contributed by atoms with van der Waals surface area (Å²) in [6, 6.07) is 0.444. The minimum absolute atomic E-state index is 0.306. The highest BCUT2D eigenvalue weighted by Crippen LogP contribution is 2.02. The number of aliphatic hydroxyl groups is 1. The van der Waals surface area contributed by atoms with Crippen molar-refractivity contribution in [1.82, 2.24) is 4.90 Å². The number of hydrogen-bond acceptors (Lipinski definition) is 2. The molecule has 0 aliphatic heterocycles. The molecule has 62 valence electrons. The highest BCUT2D eigenvalue weighted by Gasteiger charge is 2.12. The third kappa shape index (κ3) is 3.18. The Morgan fingerprint density at radius 2 is 1.80 bits per heavy atom. The second-order valence-corrected chi connectivity index (χ2v) is 2.96. The van der Waals surface area contributed by atoms with Crippen LogP contribution in [-0.4, -0.2) is 28.8 Å². The van der Waals surface area contributed by atoms with Crippen LogP contribution >= 0.6 is 0 Å². The molecule has 10 heavy (non-hydrogen) atoms. The summed E-state index contributed by atoms with van der Waals surface area (Å²) in [5.74, 6) is 0. The number of aliphatic hydroxyl groups excluding tert-OH is 1. The van der Waals surface area contributed by atoms with Gasteiger partial charge in [-0.05, 0) is 27.2 Å². The second-order valence-electron chi connectivity index (χ2n) is 2.96. The van der Waals surface area contributed by atoms with Crippen molar-refractivity contribution in [2.45, 2.75) is 46.4 Å². The molecule has 0 aromatic heterocycles. The van der Waals surface area contributed by atoms with Gasteiger partial charge in [-0.3, -0.25) is 4.90 Å². The number of hydrogen-bond donors (Lipinski definition) is 1. The van der Waals surface area contributed by atoms with Gasteiger partial charge in [0, 0.05) is 12.6 Å². The van der Waals surface area contributed by atoms with E-state index in [1.807, 2.05) is 6.92 Å². The molecule has 2 nitrogen and oxygen atoms in total. The minimum Gasteiger partial charge on any atom is -0.379 e. The van der Waals surface area contributed by atoms with E-state index in [4.69, 9.17) is 0 Å². The van der Waals surface area contributed by atoms with Gasteiger partial charge in [0.1, 0.15) is 6.23 Å². The predicted molar refractivity (Wildman–Crippen MR) is 43.8 cm³/mol. The lowest BCUT2D eigenvalue weighted by molar-refractivity contribution is -0.00216. The summed E-state index contributed by atoms with van der Waals surface area (Å²) in [7, 11) is 0. The van der Waals surface area contributed by atoms with Crippen LogP contribution in [0.15, 0.2) is 0 Å². The zero-order valence-electron chi connectivity index (χ0n) is 7.46. The molecule has 1 atom stereocenters. The van der Waals surface area contributed by atoms with Gasteiger partial charge < -0.3 is 5.11 Å². The van der Waals surface area contributed by atoms with Crippen LogP contribution < -0.4 is 0 Å². The van der Waals surface area contributed by atoms with Crippen LogP contribution in [0.1, 0.15) is 34.1 Å². The molecule has 0 fully saturated rings. The smallest absolute Gasteiger partial charge is 0.104 e. The van der Waals surface area contributed by atoms with Crippen molar-refractivity contribution in [3.63, 3.8) is 0 Å². The maximum atomic E-state index is 9.24. The zero-order chi connectivity index (χ0) is 8.15. The van der Waals surface area contributed by atoms with E-state index in [1.165, 1.54) is 0 Å². The topological polar surface area (TPSA) is 23.5 Å². The van der Waals surface area contributed by atoms with Crippen molar-refractivity contribution in [1.29, 1.82) is 0 Å². The van der Waals surface area contributed by atoms with Crippen LogP contribution in [0, 0.1) is 0 Å². The number of rotatable bonds is 4. The molecule has 0 amide bonds. The van der Waals surface area contributed by atoms with E-state index in [0.29, 0.717) is 6.04 Å². The van der Waals surface area contributed by atoms with Gasteiger partial charge in [-0.15, -0.1) is 0 Å². The lowest BCUT2D eigenvalue weighted by Gasteiger charge is -2.28. The average Bonchev–Trinajstić information content (AvgIpc) is 1.81. The van der Waals surface area contributed by atoms with Crippen LogP contribution in [0.5, 0.6) is 0 Å². The molecule has 2 heteroatoms. The van der Waals surface area contributed by atoms with E-state index in [-0.39, 0.29) is 6.23 Å². The Kier molecular flexibility index (Phi) is 4.65. The maximum absolute atomic E-state index is 9.24. The Labute approximate surface area is 63.8 Å². The quantitative estimate of drug-likeness (QED) is 0.605. The van der Waals surface area contributed by atoms with Gasteiger partial charge in [-0.2, -0.15) is 0 Å². The molecule has 0 aromatic rings. The van der Waals surface area contributed by atoms with Crippen LogP contribution in [0.3, 0.4) is 0 Å². The molecule has 1 unspecified atom stereocenters. The molecule has 0 spiro atoms. The Morgan fingerprint density at radius 3 is 1.90 bits per heavy atom. The third-order valence-electron chi connectivity index (χ3n) is 1.63. The molecular formula is C8H19NO. The van der Waals surface area contributed by atoms with Crippen LogP contribution in [-0.2, 0) is 0 Å². The lowest BCUT2D eigenvalue weighted by atomic mass is 10.3. The van der Waals surface area contributed by atoms with Gasteiger partial charge in [0.25, 0.3) is 0 Å². The first-order valence-corrected chi connectivity index (χ1v) is 4.03. The summed E-state index contributed by atoms with van der Waals surface area (Å²) < 4.78 is 0. The fourth-order valence-electron chi connectivity index (χ4n) is 1.13. The molecule has 0 bridgehead atoms. The third-order valence-corrected chi connectivity index (χ3v) is 1.63. The molecular weight excluding hydrogens is 126 g/mol. The molecule has 0 saturated carbocycles. The summed E-state index contributed by atoms with van der Waals surface area (Å²) in [4.78, 5) is 2.07. The van der Waals surface area contributed by atoms with Crippen molar-refractivity contribution in [2.75, 3.05) is 6.54 Å². The molecule has 0 aliphatic carbocycles. The summed E-state index contributed by atoms with van der Waals surface area (Å²) in [6.45, 7) is 9.12. The van der Waals surface area contributed by atoms with Crippen LogP contribution in [0.25, 0.3) is 0 Å². The van der Waals surface area contributed by atoms with E-state index >= 15 is 0 Å². The van der Waals surface area contributed by atoms with Gasteiger partial charge in [0.2, 0.25) is 0 Å². The lowest BCUT2D eigenvalue weighted by Crippen LogP contribution is -2.38. The van der Waals surface area contributed by atoms with Gasteiger partial charge >= 0.3 is 0 Å². The Balaban J connectivity index is 3.73. The van der Waals surface area contributed by atoms with Gasteiger partial charge in [-0.25, -0.2) is 0 Å². The highest BCUT2D eigenvalue weighted by molar-refractivity contribution is 4.61. The van der Waals surface area contributed by atoms with E-state index in [1.54, 1.807) is 0 Å². The average molecular weight is 145 g/mol. The van der Waals surface area contributed by atoms with Crippen molar-refractivity contribution >= 4 is 0 Å². The van der Waals surface area contributed by atoms with E-state index in [2.05, 4.69) is 25.7 Å². The normalized spacial score (nSPS) is 14.7. The van der Waals surface area contributed by atoms with Crippen molar-refractivity contribution in [3.8, 4) is 0 Å². The zero-order valence-corrected chi connectivity index (χ0v) is 7.46. The molecule has 0 heterocycles. The fraction of sp³-hybridized carbons (Fsp3) is 1.00. The minimum atomic E-state index is -0.306. The second kappa shape index (κ2) is 4.69. The molecule has 0 radical (unpaired) electrons. The number of nitrogens with zero attached hydrogens (tertiary/aromatic N) is 1. The van der Waals surface area contributed by atoms with Gasteiger partial charge in [0.15, 0.2) is 0 Å². The molecule has 1 N–H and O–H groups in total. The molecule has 0 saturated heterocycles. The van der Waals surface area contributed by atoms with Crippen molar-refractivity contribution in [3.05, 3.63) is 0 Å². The Bertz CT molecular complexity index is 73.3. The fourth-order valence-corrected chi connectivity index (χ4v) is 1.13. The standard InChI is InChI=1S/C8H19NO/c1-5-6-9(7(2)3)8(4)10/h7-8,10H,5-6H2,1-4H3. The monoisotopic (exact) mass is 145 g/mol. The maximum Gasteiger partial charge on any atom is 0.104 e. The highest BCUT2D eigenvalue weighted by atomic mass is 16.3. The SMILES string of the molecule is CCCN(C(C)C)C(C)O. The predicted octanol–water partition coefficient (Wildman–Crippen LogP) is 1.45. The van der Waals surface area contributed by atoms with Crippen molar-refractivity contribution < 1.29 is 5.11 Å². The van der Waals surface area contributed by atoms with E-state index in [0.717, 1.165) is 13.0 Å². The first-order chi connectivity index (χ1) is 4.59. The first kappa shape index (κ1) is 9.92. The van der Waals surface area contributed by atoms with Gasteiger partial charge in [0.05, 0.1) is 0 Å². The molecule has 0 aromatic carbocycles. The Morgan fingerprint density at radius 1 is 1.30 bits per heavy atom. The van der Waals surface area contributed by atoms with Crippen LogP contribution in [0.4, 0.5) is 0 Å². The summed E-state index contributed by atoms with van der Waals surface area (Å²) >= 11 is 0. The summed E-state index contributed by atoms with van der Waals surface area (Å²) in [5, 5.41) is 9.24.